The lowest BCUT2D eigenvalue weighted by Gasteiger charge is -2.31. The van der Waals surface area contributed by atoms with Crippen LogP contribution in [0.5, 0.6) is 5.75 Å². The zero-order valence-electron chi connectivity index (χ0n) is 16.2. The molecule has 29 heavy (non-hydrogen) atoms. The Morgan fingerprint density at radius 2 is 1.76 bits per heavy atom. The van der Waals surface area contributed by atoms with Crippen LogP contribution in [0.4, 0.5) is 0 Å². The van der Waals surface area contributed by atoms with Crippen molar-refractivity contribution in [2.24, 2.45) is 5.10 Å². The van der Waals surface area contributed by atoms with Crippen molar-refractivity contribution < 1.29 is 23.2 Å². The van der Waals surface area contributed by atoms with Gasteiger partial charge in [0.15, 0.2) is 6.54 Å². The summed E-state index contributed by atoms with van der Waals surface area (Å²) in [6, 6.07) is 12.9. The third-order valence-electron chi connectivity index (χ3n) is 4.78. The zero-order valence-corrected chi connectivity index (χ0v) is 17.0. The highest BCUT2D eigenvalue weighted by Gasteiger charge is 2.30. The Kier molecular flexibility index (Phi) is 6.63. The number of sulfonamides is 1. The van der Waals surface area contributed by atoms with E-state index < -0.39 is 10.0 Å². The third-order valence-corrected chi connectivity index (χ3v) is 6.69. The van der Waals surface area contributed by atoms with Crippen molar-refractivity contribution >= 4 is 22.1 Å². The molecule has 0 saturated carbocycles. The van der Waals surface area contributed by atoms with Crippen LogP contribution in [0.15, 0.2) is 58.5 Å². The van der Waals surface area contributed by atoms with Crippen LogP contribution in [-0.2, 0) is 14.8 Å². The topological polar surface area (TPSA) is 106 Å². The summed E-state index contributed by atoms with van der Waals surface area (Å²) >= 11 is 0. The van der Waals surface area contributed by atoms with Crippen molar-refractivity contribution in [1.82, 2.24) is 9.73 Å². The van der Waals surface area contributed by atoms with Crippen molar-refractivity contribution in [3.8, 4) is 5.75 Å². The number of nitrogens with zero attached hydrogens (tertiary/aromatic N) is 2. The van der Waals surface area contributed by atoms with Gasteiger partial charge in [0.1, 0.15) is 0 Å². The lowest BCUT2D eigenvalue weighted by molar-refractivity contribution is -0.895. The number of piperazine rings is 1. The first-order chi connectivity index (χ1) is 13.8. The molecule has 1 aliphatic rings. The highest BCUT2D eigenvalue weighted by Crippen LogP contribution is 2.16. The Morgan fingerprint density at radius 3 is 2.38 bits per heavy atom. The summed E-state index contributed by atoms with van der Waals surface area (Å²) in [4.78, 5) is 13.4. The van der Waals surface area contributed by atoms with Crippen LogP contribution < -0.4 is 15.4 Å². The second kappa shape index (κ2) is 9.17. The predicted molar refractivity (Wildman–Crippen MR) is 107 cm³/mol. The first-order valence-electron chi connectivity index (χ1n) is 9.34. The van der Waals surface area contributed by atoms with Gasteiger partial charge in [-0.25, -0.2) is 13.8 Å². The molecule has 1 amide bonds. The number of carbonyl (C=O) groups excluding carboxylic acids is 1. The van der Waals surface area contributed by atoms with Crippen LogP contribution in [0.2, 0.25) is 0 Å². The van der Waals surface area contributed by atoms with Gasteiger partial charge in [0, 0.05) is 0 Å². The van der Waals surface area contributed by atoms with E-state index in [0.717, 1.165) is 10.5 Å². The minimum atomic E-state index is -3.50. The molecule has 8 nitrogen and oxygen atoms in total. The molecule has 0 spiro atoms. The predicted octanol–water partition coefficient (Wildman–Crippen LogP) is -0.892. The maximum atomic E-state index is 12.7. The van der Waals surface area contributed by atoms with E-state index in [4.69, 9.17) is 0 Å². The summed E-state index contributed by atoms with van der Waals surface area (Å²) in [5.74, 6) is -0.329. The first kappa shape index (κ1) is 21.0. The Hall–Kier alpha value is -2.75. The molecule has 0 aliphatic carbocycles. The van der Waals surface area contributed by atoms with Gasteiger partial charge in [-0.3, -0.25) is 4.79 Å². The summed E-state index contributed by atoms with van der Waals surface area (Å²) in [5, 5.41) is 14.9. The number of nitrogens with one attached hydrogen (secondary N) is 2. The molecule has 0 atom stereocenters. The number of hydrogen-bond donors (Lipinski definition) is 2. The first-order valence-corrected chi connectivity index (χ1v) is 10.8. The molecule has 2 aromatic carbocycles. The van der Waals surface area contributed by atoms with Gasteiger partial charge >= 0.3 is 0 Å². The van der Waals surface area contributed by atoms with E-state index in [1.165, 1.54) is 22.7 Å². The minimum absolute atomic E-state index is 0.0849. The smallest absolute Gasteiger partial charge is 0.295 e. The number of amides is 1. The Balaban J connectivity index is 1.47. The van der Waals surface area contributed by atoms with Crippen molar-refractivity contribution in [1.29, 1.82) is 0 Å². The monoisotopic (exact) mass is 416 g/mol. The van der Waals surface area contributed by atoms with Crippen LogP contribution in [0, 0.1) is 6.92 Å². The van der Waals surface area contributed by atoms with Gasteiger partial charge in [-0.05, 0) is 24.6 Å². The molecule has 2 aromatic rings. The molecule has 0 bridgehead atoms. The number of rotatable bonds is 6. The van der Waals surface area contributed by atoms with E-state index in [9.17, 15) is 18.3 Å². The van der Waals surface area contributed by atoms with Crippen molar-refractivity contribution in [3.05, 3.63) is 59.7 Å². The van der Waals surface area contributed by atoms with Crippen molar-refractivity contribution in [2.45, 2.75) is 11.8 Å². The lowest BCUT2D eigenvalue weighted by Crippen LogP contribution is -3.15. The summed E-state index contributed by atoms with van der Waals surface area (Å²) in [7, 11) is -3.50. The van der Waals surface area contributed by atoms with Crippen LogP contribution in [0.25, 0.3) is 0 Å². The van der Waals surface area contributed by atoms with Crippen molar-refractivity contribution in [3.63, 3.8) is 0 Å². The molecule has 1 aliphatic heterocycles. The lowest BCUT2D eigenvalue weighted by atomic mass is 10.2. The molecule has 0 unspecified atom stereocenters. The van der Waals surface area contributed by atoms with Gasteiger partial charge in [0.25, 0.3) is 5.91 Å². The van der Waals surface area contributed by atoms with Gasteiger partial charge < -0.3 is 10.0 Å². The molecule has 1 saturated heterocycles. The number of carbonyl (C=O) groups is 1. The molecule has 0 aromatic heterocycles. The fraction of sp³-hybridized carbons (Fsp3) is 0.300. The summed E-state index contributed by atoms with van der Waals surface area (Å²) in [6.07, 6.45) is 1.47. The average molecular weight is 417 g/mol. The quantitative estimate of drug-likeness (QED) is 0.471. The average Bonchev–Trinajstić information content (AvgIpc) is 2.70. The van der Waals surface area contributed by atoms with Gasteiger partial charge in [-0.15, -0.1) is 5.75 Å². The molecule has 1 fully saturated rings. The molecule has 1 heterocycles. The number of hydrogen-bond acceptors (Lipinski definition) is 5. The maximum Gasteiger partial charge on any atom is 0.295 e. The number of quaternary nitrogens is 1. The van der Waals surface area contributed by atoms with Crippen LogP contribution >= 0.6 is 0 Å². The number of hydrazone groups is 1. The standard InChI is InChI=1S/C20H24N4O4S/c1-16-2-8-19(9-3-16)29(27,28)24-12-10-23(11-13-24)15-20(26)22-21-14-17-4-6-18(25)7-5-17/h2-9,14,25H,10-13,15H2,1H3,(H,22,26)/b21-14+. The van der Waals surface area contributed by atoms with E-state index in [0.29, 0.717) is 36.6 Å². The van der Waals surface area contributed by atoms with Gasteiger partial charge in [0.05, 0.1) is 37.3 Å². The van der Waals surface area contributed by atoms with Crippen molar-refractivity contribution in [2.75, 3.05) is 32.7 Å². The third kappa shape index (κ3) is 5.63. The van der Waals surface area contributed by atoms with Crippen LogP contribution in [-0.4, -0.2) is 57.6 Å². The van der Waals surface area contributed by atoms with E-state index in [-0.39, 0.29) is 18.2 Å². The molecule has 0 radical (unpaired) electrons. The number of benzene rings is 2. The fourth-order valence-electron chi connectivity index (χ4n) is 3.08. The van der Waals surface area contributed by atoms with Gasteiger partial charge in [0.2, 0.25) is 10.0 Å². The molecular weight excluding hydrogens is 392 g/mol. The van der Waals surface area contributed by atoms with E-state index in [1.54, 1.807) is 36.4 Å². The number of aryl methyl sites for hydroxylation is 1. The highest BCUT2D eigenvalue weighted by molar-refractivity contribution is 7.89. The zero-order chi connectivity index (χ0) is 20.9. The Morgan fingerprint density at radius 1 is 1.14 bits per heavy atom. The molecule has 2 N–H and O–H groups in total. The van der Waals surface area contributed by atoms with E-state index in [1.807, 2.05) is 6.92 Å². The summed E-state index contributed by atoms with van der Waals surface area (Å²) < 4.78 is 26.9. The van der Waals surface area contributed by atoms with E-state index >= 15 is 0 Å². The Bertz CT molecular complexity index is 965. The van der Waals surface area contributed by atoms with Gasteiger partial charge in [-0.2, -0.15) is 9.41 Å². The second-order valence-corrected chi connectivity index (χ2v) is 8.94. The summed E-state index contributed by atoms with van der Waals surface area (Å²) in [6.45, 7) is 3.96. The second-order valence-electron chi connectivity index (χ2n) is 7.01. The largest absolute Gasteiger partial charge is 0.872 e. The summed E-state index contributed by atoms with van der Waals surface area (Å²) in [5.41, 5.74) is 4.19. The Labute approximate surface area is 170 Å². The van der Waals surface area contributed by atoms with Gasteiger partial charge in [-0.1, -0.05) is 42.0 Å². The molecular formula is C20H24N4O4S. The highest BCUT2D eigenvalue weighted by atomic mass is 32.2. The maximum absolute atomic E-state index is 12.7. The minimum Gasteiger partial charge on any atom is -0.872 e. The molecule has 9 heteroatoms. The molecule has 3 rings (SSSR count). The molecule has 154 valence electrons. The van der Waals surface area contributed by atoms with Crippen LogP contribution in [0.1, 0.15) is 11.1 Å². The van der Waals surface area contributed by atoms with Crippen LogP contribution in [0.3, 0.4) is 0 Å². The SMILES string of the molecule is Cc1ccc(S(=O)(=O)N2CC[NH+](CC(=O)N/N=C/c3ccc([O-])cc3)CC2)cc1. The van der Waals surface area contributed by atoms with E-state index in [2.05, 4.69) is 10.5 Å². The normalized spacial score (nSPS) is 16.2. The fourth-order valence-corrected chi connectivity index (χ4v) is 4.52.